The number of thioether (sulfide) groups is 1. The highest BCUT2D eigenvalue weighted by Gasteiger charge is 2.24. The predicted octanol–water partition coefficient (Wildman–Crippen LogP) is 4.30. The van der Waals surface area contributed by atoms with E-state index in [2.05, 4.69) is 45.9 Å². The van der Waals surface area contributed by atoms with Crippen molar-refractivity contribution in [2.45, 2.75) is 49.9 Å². The van der Waals surface area contributed by atoms with Crippen molar-refractivity contribution >= 4 is 11.8 Å². The number of hydrogen-bond donors (Lipinski definition) is 0. The number of hydrogen-bond acceptors (Lipinski definition) is 5. The van der Waals surface area contributed by atoms with Crippen molar-refractivity contribution < 1.29 is 4.52 Å². The summed E-state index contributed by atoms with van der Waals surface area (Å²) in [4.78, 5) is 9.29. The summed E-state index contributed by atoms with van der Waals surface area (Å²) in [5.41, 5.74) is 3.76. The summed E-state index contributed by atoms with van der Waals surface area (Å²) in [7, 11) is 0. The fourth-order valence-corrected chi connectivity index (χ4v) is 4.12. The zero-order chi connectivity index (χ0) is 16.5. The molecule has 0 fully saturated rings. The first-order chi connectivity index (χ1) is 11.7. The molecular weight excluding hydrogens is 320 g/mol. The third-order valence-corrected chi connectivity index (χ3v) is 5.33. The van der Waals surface area contributed by atoms with Crippen LogP contribution in [0.3, 0.4) is 0 Å². The van der Waals surface area contributed by atoms with Gasteiger partial charge < -0.3 is 4.52 Å². The van der Waals surface area contributed by atoms with Crippen LogP contribution >= 0.6 is 11.8 Å². The third-order valence-electron chi connectivity index (χ3n) is 4.29. The molecule has 124 valence electrons. The maximum Gasteiger partial charge on any atom is 0.239 e. The van der Waals surface area contributed by atoms with E-state index in [1.54, 1.807) is 11.8 Å². The van der Waals surface area contributed by atoms with Crippen LogP contribution < -0.4 is 0 Å². The standard InChI is InChI=1S/C18H20N4OS/c1-12(17-19-13(2)21-23-17)24-18-20-15-10-6-7-11-16(15)22(18)14-8-4-3-5-9-14/h3-5,8-9,12H,6-7,10-11H2,1-2H3. The molecule has 0 amide bonds. The van der Waals surface area contributed by atoms with Crippen LogP contribution in [0.15, 0.2) is 40.0 Å². The number of nitrogens with zero attached hydrogens (tertiary/aromatic N) is 4. The highest BCUT2D eigenvalue weighted by Crippen LogP contribution is 2.37. The van der Waals surface area contributed by atoms with Crippen LogP contribution in [-0.4, -0.2) is 19.7 Å². The minimum absolute atomic E-state index is 0.0671. The lowest BCUT2D eigenvalue weighted by atomic mass is 10.0. The van der Waals surface area contributed by atoms with Crippen LogP contribution in [0.4, 0.5) is 0 Å². The Morgan fingerprint density at radius 3 is 2.67 bits per heavy atom. The second-order valence-corrected chi connectivity index (χ2v) is 7.41. The molecule has 3 aromatic rings. The SMILES string of the molecule is Cc1noc(C(C)Sc2nc3c(n2-c2ccccc2)CCCC3)n1. The maximum atomic E-state index is 5.33. The van der Waals surface area contributed by atoms with Gasteiger partial charge in [0.1, 0.15) is 0 Å². The molecule has 1 unspecified atom stereocenters. The van der Waals surface area contributed by atoms with Gasteiger partial charge in [0.15, 0.2) is 11.0 Å². The van der Waals surface area contributed by atoms with Gasteiger partial charge in [-0.3, -0.25) is 4.57 Å². The Morgan fingerprint density at radius 2 is 1.92 bits per heavy atom. The number of imidazole rings is 1. The average Bonchev–Trinajstić information content (AvgIpc) is 3.19. The van der Waals surface area contributed by atoms with E-state index in [0.717, 1.165) is 18.0 Å². The van der Waals surface area contributed by atoms with Crippen molar-refractivity contribution in [2.75, 3.05) is 0 Å². The first kappa shape index (κ1) is 15.4. The zero-order valence-electron chi connectivity index (χ0n) is 13.9. The first-order valence-electron chi connectivity index (χ1n) is 8.35. The number of aromatic nitrogens is 4. The molecule has 4 rings (SSSR count). The Kier molecular flexibility index (Phi) is 4.14. The molecule has 0 saturated carbocycles. The minimum atomic E-state index is 0.0671. The fraction of sp³-hybridized carbons (Fsp3) is 0.389. The Morgan fingerprint density at radius 1 is 1.12 bits per heavy atom. The number of aryl methyl sites for hydroxylation is 2. The van der Waals surface area contributed by atoms with E-state index in [-0.39, 0.29) is 5.25 Å². The van der Waals surface area contributed by atoms with Crippen LogP contribution in [0.2, 0.25) is 0 Å². The van der Waals surface area contributed by atoms with E-state index in [4.69, 9.17) is 9.51 Å². The Balaban J connectivity index is 1.73. The van der Waals surface area contributed by atoms with Gasteiger partial charge in [0.25, 0.3) is 0 Å². The summed E-state index contributed by atoms with van der Waals surface area (Å²) in [6.45, 7) is 3.93. The molecule has 24 heavy (non-hydrogen) atoms. The molecular formula is C18H20N4OS. The van der Waals surface area contributed by atoms with Gasteiger partial charge in [0.2, 0.25) is 5.89 Å². The van der Waals surface area contributed by atoms with Crippen molar-refractivity contribution in [3.05, 3.63) is 53.4 Å². The summed E-state index contributed by atoms with van der Waals surface area (Å²) in [5, 5.41) is 4.98. The summed E-state index contributed by atoms with van der Waals surface area (Å²) in [5.74, 6) is 1.32. The topological polar surface area (TPSA) is 56.7 Å². The van der Waals surface area contributed by atoms with Crippen LogP contribution in [0.1, 0.15) is 48.1 Å². The first-order valence-corrected chi connectivity index (χ1v) is 9.23. The van der Waals surface area contributed by atoms with Gasteiger partial charge in [-0.25, -0.2) is 4.98 Å². The number of rotatable bonds is 4. The van der Waals surface area contributed by atoms with E-state index >= 15 is 0 Å². The zero-order valence-corrected chi connectivity index (χ0v) is 14.7. The lowest BCUT2D eigenvalue weighted by molar-refractivity contribution is 0.376. The van der Waals surface area contributed by atoms with E-state index in [1.165, 1.54) is 29.9 Å². The molecule has 1 aliphatic carbocycles. The molecule has 0 saturated heterocycles. The van der Waals surface area contributed by atoms with Crippen LogP contribution in [-0.2, 0) is 12.8 Å². The summed E-state index contributed by atoms with van der Waals surface area (Å²) >= 11 is 1.68. The molecule has 0 bridgehead atoms. The molecule has 1 aromatic carbocycles. The highest BCUT2D eigenvalue weighted by atomic mass is 32.2. The smallest absolute Gasteiger partial charge is 0.239 e. The van der Waals surface area contributed by atoms with E-state index < -0.39 is 0 Å². The lowest BCUT2D eigenvalue weighted by Gasteiger charge is -2.15. The van der Waals surface area contributed by atoms with Gasteiger partial charge in [-0.2, -0.15) is 4.98 Å². The van der Waals surface area contributed by atoms with Gasteiger partial charge in [0.05, 0.1) is 10.9 Å². The molecule has 5 nitrogen and oxygen atoms in total. The summed E-state index contributed by atoms with van der Waals surface area (Å²) < 4.78 is 7.63. The third kappa shape index (κ3) is 2.86. The Labute approximate surface area is 145 Å². The molecule has 1 atom stereocenters. The molecule has 0 spiro atoms. The van der Waals surface area contributed by atoms with Gasteiger partial charge >= 0.3 is 0 Å². The van der Waals surface area contributed by atoms with E-state index in [1.807, 2.05) is 13.0 Å². The fourth-order valence-electron chi connectivity index (χ4n) is 3.12. The van der Waals surface area contributed by atoms with Crippen LogP contribution in [0.5, 0.6) is 0 Å². The van der Waals surface area contributed by atoms with Crippen molar-refractivity contribution in [1.82, 2.24) is 19.7 Å². The molecule has 1 aliphatic rings. The van der Waals surface area contributed by atoms with Crippen LogP contribution in [0.25, 0.3) is 5.69 Å². The lowest BCUT2D eigenvalue weighted by Crippen LogP contribution is -2.07. The van der Waals surface area contributed by atoms with Gasteiger partial charge in [0, 0.05) is 11.4 Å². The molecule has 0 N–H and O–H groups in total. The number of para-hydroxylation sites is 1. The Bertz CT molecular complexity index is 840. The monoisotopic (exact) mass is 340 g/mol. The van der Waals surface area contributed by atoms with E-state index in [0.29, 0.717) is 11.7 Å². The highest BCUT2D eigenvalue weighted by molar-refractivity contribution is 7.99. The maximum absolute atomic E-state index is 5.33. The number of benzene rings is 1. The predicted molar refractivity (Wildman–Crippen MR) is 93.5 cm³/mol. The normalized spacial score (nSPS) is 15.2. The van der Waals surface area contributed by atoms with Crippen molar-refractivity contribution in [1.29, 1.82) is 0 Å². The number of fused-ring (bicyclic) bond motifs is 1. The van der Waals surface area contributed by atoms with Crippen molar-refractivity contribution in [2.24, 2.45) is 0 Å². The second-order valence-electron chi connectivity index (χ2n) is 6.11. The molecule has 6 heteroatoms. The van der Waals surface area contributed by atoms with Crippen molar-refractivity contribution in [3.8, 4) is 5.69 Å². The van der Waals surface area contributed by atoms with Gasteiger partial charge in [-0.15, -0.1) is 0 Å². The molecule has 0 aliphatic heterocycles. The van der Waals surface area contributed by atoms with Gasteiger partial charge in [-0.05, 0) is 51.7 Å². The molecule has 2 heterocycles. The Hall–Kier alpha value is -2.08. The second kappa shape index (κ2) is 6.43. The average molecular weight is 340 g/mol. The van der Waals surface area contributed by atoms with E-state index in [9.17, 15) is 0 Å². The largest absolute Gasteiger partial charge is 0.338 e. The molecule has 0 radical (unpaired) electrons. The molecule has 2 aromatic heterocycles. The summed E-state index contributed by atoms with van der Waals surface area (Å²) in [6.07, 6.45) is 4.61. The summed E-state index contributed by atoms with van der Waals surface area (Å²) in [6, 6.07) is 10.5. The quantitative estimate of drug-likeness (QED) is 0.663. The van der Waals surface area contributed by atoms with Crippen molar-refractivity contribution in [3.63, 3.8) is 0 Å². The van der Waals surface area contributed by atoms with Crippen LogP contribution in [0, 0.1) is 6.92 Å². The van der Waals surface area contributed by atoms with Gasteiger partial charge in [-0.1, -0.05) is 35.1 Å². The minimum Gasteiger partial charge on any atom is -0.338 e.